The summed E-state index contributed by atoms with van der Waals surface area (Å²) in [7, 11) is 0. The quantitative estimate of drug-likeness (QED) is 0.326. The lowest BCUT2D eigenvalue weighted by atomic mass is 9.54. The van der Waals surface area contributed by atoms with Gasteiger partial charge in [-0.15, -0.1) is 0 Å². The van der Waals surface area contributed by atoms with Crippen LogP contribution in [0, 0.1) is 34.5 Å². The minimum absolute atomic E-state index is 0.0986. The predicted octanol–water partition coefficient (Wildman–Crippen LogP) is 8.24. The van der Waals surface area contributed by atoms with E-state index in [2.05, 4.69) is 32.1 Å². The number of carboxylic acids is 1. The van der Waals surface area contributed by atoms with E-state index in [1.54, 1.807) is 13.0 Å². The normalized spacial score (nSPS) is 36.1. The monoisotopic (exact) mass is 594 g/mol. The minimum Gasteiger partial charge on any atom is -0.508 e. The number of rotatable bonds is 2. The van der Waals surface area contributed by atoms with Gasteiger partial charge < -0.3 is 15.3 Å². The van der Waals surface area contributed by atoms with E-state index in [1.165, 1.54) is 35.1 Å². The molecule has 0 amide bonds. The van der Waals surface area contributed by atoms with E-state index in [0.717, 1.165) is 56.9 Å². The molecule has 0 spiro atoms. The SMILES string of the molecule is CC(=O)C1=CCC2C3CCc4cc(O)ccc4C3CCC12C.CC12CCC3c4ccc(O)cc4CCC3C1CC=C2C(=O)O. The van der Waals surface area contributed by atoms with Crippen LogP contribution in [0.15, 0.2) is 59.7 Å². The Morgan fingerprint density at radius 3 is 1.61 bits per heavy atom. The highest BCUT2D eigenvalue weighted by Gasteiger charge is 2.54. The first-order valence-corrected chi connectivity index (χ1v) is 16.8. The van der Waals surface area contributed by atoms with Crippen LogP contribution in [0.4, 0.5) is 0 Å². The largest absolute Gasteiger partial charge is 0.508 e. The van der Waals surface area contributed by atoms with E-state index in [1.807, 2.05) is 24.3 Å². The molecule has 8 unspecified atom stereocenters. The zero-order valence-corrected chi connectivity index (χ0v) is 26.3. The van der Waals surface area contributed by atoms with Crippen molar-refractivity contribution in [1.82, 2.24) is 0 Å². The van der Waals surface area contributed by atoms with Crippen LogP contribution in [0.25, 0.3) is 0 Å². The summed E-state index contributed by atoms with van der Waals surface area (Å²) in [5, 5.41) is 28.9. The van der Waals surface area contributed by atoms with Crippen molar-refractivity contribution in [2.24, 2.45) is 34.5 Å². The highest BCUT2D eigenvalue weighted by atomic mass is 16.4. The first-order chi connectivity index (χ1) is 21.0. The number of ketones is 1. The number of aromatic hydroxyl groups is 2. The Morgan fingerprint density at radius 2 is 1.16 bits per heavy atom. The standard InChI is InChI=1S/C20H24O2.C19H22O3/c1-12(21)18-7-8-19-17-5-3-13-11-14(22)4-6-15(13)16(17)9-10-20(18,19)2;1-19-9-8-14-13-5-3-12(20)10-11(13)2-4-15(14)16(19)6-7-17(19)18(21)22/h4,6-7,11,16-17,19,22H,3,5,8-10H2,1-2H3;3,5,7,10,14-16,20H,2,4,6,8-9H2,1H3,(H,21,22). The molecular weight excluding hydrogens is 548 g/mol. The molecule has 232 valence electrons. The van der Waals surface area contributed by atoms with Crippen molar-refractivity contribution in [3.05, 3.63) is 82.0 Å². The van der Waals surface area contributed by atoms with Crippen LogP contribution in [0.3, 0.4) is 0 Å². The molecule has 5 nitrogen and oxygen atoms in total. The molecule has 6 aliphatic rings. The van der Waals surface area contributed by atoms with Crippen molar-refractivity contribution < 1.29 is 24.9 Å². The lowest BCUT2D eigenvalue weighted by molar-refractivity contribution is -0.134. The van der Waals surface area contributed by atoms with E-state index in [4.69, 9.17) is 0 Å². The van der Waals surface area contributed by atoms with Crippen LogP contribution in [0.2, 0.25) is 0 Å². The highest BCUT2D eigenvalue weighted by Crippen LogP contribution is 2.62. The number of benzene rings is 2. The van der Waals surface area contributed by atoms with Crippen molar-refractivity contribution >= 4 is 11.8 Å². The molecule has 2 saturated carbocycles. The van der Waals surface area contributed by atoms with Gasteiger partial charge in [0.15, 0.2) is 5.78 Å². The fourth-order valence-corrected chi connectivity index (χ4v) is 11.1. The molecule has 0 aliphatic heterocycles. The lowest BCUT2D eigenvalue weighted by Crippen LogP contribution is -2.42. The lowest BCUT2D eigenvalue weighted by Gasteiger charge is -2.50. The number of hydrogen-bond donors (Lipinski definition) is 3. The van der Waals surface area contributed by atoms with Gasteiger partial charge in [-0.05, 0) is 164 Å². The van der Waals surface area contributed by atoms with Crippen molar-refractivity contribution in [3.63, 3.8) is 0 Å². The van der Waals surface area contributed by atoms with E-state index in [-0.39, 0.29) is 16.6 Å². The van der Waals surface area contributed by atoms with Crippen LogP contribution in [-0.4, -0.2) is 27.1 Å². The Balaban J connectivity index is 0.000000142. The number of phenols is 2. The van der Waals surface area contributed by atoms with Gasteiger partial charge in [0, 0.05) is 11.0 Å². The summed E-state index contributed by atoms with van der Waals surface area (Å²) in [4.78, 5) is 23.6. The zero-order valence-electron chi connectivity index (χ0n) is 26.3. The number of Topliss-reactive ketones (excluding diaryl/α,β-unsaturated/α-hetero) is 1. The summed E-state index contributed by atoms with van der Waals surface area (Å²) in [6, 6.07) is 11.7. The summed E-state index contributed by atoms with van der Waals surface area (Å²) in [6.07, 6.45) is 14.8. The second-order valence-electron chi connectivity index (χ2n) is 15.1. The van der Waals surface area contributed by atoms with Gasteiger partial charge in [-0.3, -0.25) is 4.79 Å². The van der Waals surface area contributed by atoms with Crippen LogP contribution in [0.5, 0.6) is 11.5 Å². The number of aryl methyl sites for hydroxylation is 2. The summed E-state index contributed by atoms with van der Waals surface area (Å²) in [5.41, 5.74) is 7.15. The first-order valence-electron chi connectivity index (χ1n) is 16.8. The zero-order chi connectivity index (χ0) is 31.0. The summed E-state index contributed by atoms with van der Waals surface area (Å²) in [5.74, 6) is 3.76. The molecular formula is C39H46O5. The molecule has 2 aromatic carbocycles. The second kappa shape index (κ2) is 10.6. The van der Waals surface area contributed by atoms with Crippen LogP contribution < -0.4 is 0 Å². The Kier molecular flexibility index (Phi) is 7.10. The number of carbonyl (C=O) groups is 2. The maximum absolute atomic E-state index is 12.0. The number of carboxylic acid groups (broad SMARTS) is 1. The van der Waals surface area contributed by atoms with Crippen LogP contribution >= 0.6 is 0 Å². The fourth-order valence-electron chi connectivity index (χ4n) is 11.1. The van der Waals surface area contributed by atoms with E-state index in [0.29, 0.717) is 52.6 Å². The smallest absolute Gasteiger partial charge is 0.331 e. The van der Waals surface area contributed by atoms with Gasteiger partial charge in [0.25, 0.3) is 0 Å². The van der Waals surface area contributed by atoms with Gasteiger partial charge in [0.2, 0.25) is 0 Å². The third-order valence-corrected chi connectivity index (χ3v) is 13.2. The van der Waals surface area contributed by atoms with Gasteiger partial charge in [-0.1, -0.05) is 38.1 Å². The van der Waals surface area contributed by atoms with E-state index in [9.17, 15) is 24.9 Å². The maximum atomic E-state index is 12.0. The Morgan fingerprint density at radius 1 is 0.705 bits per heavy atom. The molecule has 0 heterocycles. The third kappa shape index (κ3) is 4.48. The molecule has 0 radical (unpaired) electrons. The highest BCUT2D eigenvalue weighted by molar-refractivity contribution is 5.95. The minimum atomic E-state index is -0.732. The molecule has 3 N–H and O–H groups in total. The van der Waals surface area contributed by atoms with Crippen molar-refractivity contribution in [2.45, 2.75) is 96.8 Å². The van der Waals surface area contributed by atoms with Crippen molar-refractivity contribution in [1.29, 1.82) is 0 Å². The average molecular weight is 595 g/mol. The molecule has 0 saturated heterocycles. The molecule has 8 rings (SSSR count). The summed E-state index contributed by atoms with van der Waals surface area (Å²) in [6.45, 7) is 6.21. The number of aliphatic carboxylic acids is 1. The van der Waals surface area contributed by atoms with Crippen LogP contribution in [-0.2, 0) is 22.4 Å². The number of carbonyl (C=O) groups excluding carboxylic acids is 1. The van der Waals surface area contributed by atoms with Gasteiger partial charge >= 0.3 is 5.97 Å². The number of hydrogen-bond acceptors (Lipinski definition) is 4. The Labute approximate surface area is 261 Å². The topological polar surface area (TPSA) is 94.8 Å². The number of phenolic OH excluding ortho intramolecular Hbond substituents is 2. The molecule has 6 aliphatic carbocycles. The second-order valence-corrected chi connectivity index (χ2v) is 15.1. The molecule has 2 aromatic rings. The average Bonchev–Trinajstić information content (AvgIpc) is 3.54. The van der Waals surface area contributed by atoms with Crippen molar-refractivity contribution in [3.8, 4) is 11.5 Å². The first kappa shape index (κ1) is 29.4. The van der Waals surface area contributed by atoms with E-state index < -0.39 is 5.97 Å². The molecule has 5 heteroatoms. The van der Waals surface area contributed by atoms with Crippen LogP contribution in [0.1, 0.15) is 106 Å². The molecule has 0 bridgehead atoms. The van der Waals surface area contributed by atoms with Gasteiger partial charge in [-0.25, -0.2) is 4.79 Å². The third-order valence-electron chi connectivity index (χ3n) is 13.2. The molecule has 0 aromatic heterocycles. The fraction of sp³-hybridized carbons (Fsp3) is 0.538. The van der Waals surface area contributed by atoms with Gasteiger partial charge in [-0.2, -0.15) is 0 Å². The summed E-state index contributed by atoms with van der Waals surface area (Å²) < 4.78 is 0. The summed E-state index contributed by atoms with van der Waals surface area (Å²) >= 11 is 0. The maximum Gasteiger partial charge on any atom is 0.331 e. The molecule has 44 heavy (non-hydrogen) atoms. The number of fused-ring (bicyclic) bond motifs is 10. The van der Waals surface area contributed by atoms with Gasteiger partial charge in [0.1, 0.15) is 11.5 Å². The van der Waals surface area contributed by atoms with Gasteiger partial charge in [0.05, 0.1) is 0 Å². The number of allylic oxidation sites excluding steroid dienone is 3. The molecule has 2 fully saturated rings. The Bertz CT molecular complexity index is 1470. The molecule has 8 atom stereocenters. The van der Waals surface area contributed by atoms with Crippen molar-refractivity contribution in [2.75, 3.05) is 0 Å². The Hall–Kier alpha value is -3.34. The predicted molar refractivity (Wildman–Crippen MR) is 171 cm³/mol. The van der Waals surface area contributed by atoms with E-state index >= 15 is 0 Å².